The minimum atomic E-state index is 0.209. The number of hydrogen-bond donors (Lipinski definition) is 2. The maximum absolute atomic E-state index is 9.63. The number of phenols is 1. The molecule has 4 nitrogen and oxygen atoms in total. The van der Waals surface area contributed by atoms with Gasteiger partial charge in [-0.2, -0.15) is 0 Å². The van der Waals surface area contributed by atoms with E-state index in [2.05, 4.69) is 39.6 Å². The lowest BCUT2D eigenvalue weighted by atomic mass is 10.0. The fourth-order valence-corrected chi connectivity index (χ4v) is 3.39. The van der Waals surface area contributed by atoms with Gasteiger partial charge in [0.15, 0.2) is 0 Å². The van der Waals surface area contributed by atoms with Gasteiger partial charge in [-0.05, 0) is 47.1 Å². The van der Waals surface area contributed by atoms with Gasteiger partial charge in [-0.25, -0.2) is 0 Å². The van der Waals surface area contributed by atoms with Crippen LogP contribution < -0.4 is 5.73 Å². The number of nitrogens with two attached hydrogens (primary N) is 1. The molecule has 112 valence electrons. The van der Waals surface area contributed by atoms with E-state index in [1.807, 2.05) is 12.1 Å². The smallest absolute Gasteiger partial charge is 0.129 e. The van der Waals surface area contributed by atoms with Crippen molar-refractivity contribution in [1.82, 2.24) is 9.80 Å². The molecule has 5 heteroatoms. The van der Waals surface area contributed by atoms with Crippen LogP contribution in [0.15, 0.2) is 22.7 Å². The van der Waals surface area contributed by atoms with Gasteiger partial charge >= 0.3 is 0 Å². The molecule has 0 amide bonds. The van der Waals surface area contributed by atoms with E-state index in [1.165, 1.54) is 0 Å². The van der Waals surface area contributed by atoms with Crippen LogP contribution in [0.25, 0.3) is 0 Å². The lowest BCUT2D eigenvalue weighted by Crippen LogP contribution is -2.53. The van der Waals surface area contributed by atoms with Crippen LogP contribution >= 0.6 is 15.9 Å². The summed E-state index contributed by atoms with van der Waals surface area (Å²) in [5.41, 5.74) is 7.18. The van der Waals surface area contributed by atoms with Gasteiger partial charge in [0.05, 0.1) is 4.47 Å². The van der Waals surface area contributed by atoms with Crippen LogP contribution in [-0.4, -0.2) is 53.7 Å². The van der Waals surface area contributed by atoms with Gasteiger partial charge in [0.1, 0.15) is 5.75 Å². The van der Waals surface area contributed by atoms with Crippen molar-refractivity contribution < 1.29 is 5.11 Å². The minimum absolute atomic E-state index is 0.209. The fourth-order valence-electron chi connectivity index (χ4n) is 2.99. The minimum Gasteiger partial charge on any atom is -0.507 e. The predicted octanol–water partition coefficient (Wildman–Crippen LogP) is 2.18. The van der Waals surface area contributed by atoms with Crippen LogP contribution in [0.1, 0.15) is 25.5 Å². The monoisotopic (exact) mass is 341 g/mol. The lowest BCUT2D eigenvalue weighted by molar-refractivity contribution is 0.0536. The standard InChI is InChI=1S/C15H24BrN3O/c1-3-18-6-7-19(11(2)10-18)14(9-17)12-4-5-15(20)13(16)8-12/h4-5,8,11,14,20H,3,6-7,9-10,17H2,1-2H3. The number of aromatic hydroxyl groups is 1. The van der Waals surface area contributed by atoms with Gasteiger partial charge in [-0.3, -0.25) is 4.90 Å². The molecule has 0 aromatic heterocycles. The summed E-state index contributed by atoms with van der Waals surface area (Å²) in [6, 6.07) is 6.38. The predicted molar refractivity (Wildman–Crippen MR) is 85.9 cm³/mol. The van der Waals surface area contributed by atoms with E-state index in [9.17, 15) is 5.11 Å². The van der Waals surface area contributed by atoms with Crippen molar-refractivity contribution in [3.05, 3.63) is 28.2 Å². The SMILES string of the molecule is CCN1CCN(C(CN)c2ccc(O)c(Br)c2)C(C)C1. The maximum atomic E-state index is 9.63. The first-order valence-electron chi connectivity index (χ1n) is 7.23. The van der Waals surface area contributed by atoms with Crippen LogP contribution in [0.5, 0.6) is 5.75 Å². The quantitative estimate of drug-likeness (QED) is 0.881. The Bertz CT molecular complexity index is 455. The van der Waals surface area contributed by atoms with Gasteiger partial charge in [0.2, 0.25) is 0 Å². The summed E-state index contributed by atoms with van der Waals surface area (Å²) < 4.78 is 0.730. The van der Waals surface area contributed by atoms with Crippen molar-refractivity contribution in [3.8, 4) is 5.75 Å². The molecule has 1 aliphatic heterocycles. The highest BCUT2D eigenvalue weighted by Gasteiger charge is 2.29. The number of phenolic OH excluding ortho intramolecular Hbond substituents is 1. The molecule has 0 aliphatic carbocycles. The van der Waals surface area contributed by atoms with Crippen LogP contribution in [0.4, 0.5) is 0 Å². The Morgan fingerprint density at radius 1 is 1.45 bits per heavy atom. The van der Waals surface area contributed by atoms with Crippen molar-refractivity contribution in [2.24, 2.45) is 5.73 Å². The maximum Gasteiger partial charge on any atom is 0.129 e. The number of halogens is 1. The van der Waals surface area contributed by atoms with E-state index in [0.29, 0.717) is 12.6 Å². The molecule has 2 atom stereocenters. The fraction of sp³-hybridized carbons (Fsp3) is 0.600. The Labute approximate surface area is 129 Å². The second kappa shape index (κ2) is 6.89. The molecule has 1 aromatic carbocycles. The topological polar surface area (TPSA) is 52.7 Å². The third kappa shape index (κ3) is 3.34. The number of likely N-dealkylation sites (N-methyl/N-ethyl adjacent to an activating group) is 1. The zero-order chi connectivity index (χ0) is 14.7. The Hall–Kier alpha value is -0.620. The Kier molecular flexibility index (Phi) is 5.43. The molecule has 0 saturated carbocycles. The highest BCUT2D eigenvalue weighted by atomic mass is 79.9. The average molecular weight is 342 g/mol. The molecular weight excluding hydrogens is 318 g/mol. The zero-order valence-corrected chi connectivity index (χ0v) is 13.8. The van der Waals surface area contributed by atoms with Crippen molar-refractivity contribution in [3.63, 3.8) is 0 Å². The van der Waals surface area contributed by atoms with Crippen LogP contribution in [0.3, 0.4) is 0 Å². The van der Waals surface area contributed by atoms with Crippen LogP contribution in [0.2, 0.25) is 0 Å². The molecule has 1 aromatic rings. The molecule has 2 rings (SSSR count). The van der Waals surface area contributed by atoms with E-state index in [4.69, 9.17) is 5.73 Å². The molecule has 1 fully saturated rings. The third-order valence-electron chi connectivity index (χ3n) is 4.19. The van der Waals surface area contributed by atoms with Gasteiger partial charge in [-0.15, -0.1) is 0 Å². The Morgan fingerprint density at radius 3 is 2.75 bits per heavy atom. The molecule has 1 saturated heterocycles. The molecule has 2 unspecified atom stereocenters. The lowest BCUT2D eigenvalue weighted by Gasteiger charge is -2.43. The zero-order valence-electron chi connectivity index (χ0n) is 12.2. The third-order valence-corrected chi connectivity index (χ3v) is 4.83. The molecule has 0 radical (unpaired) electrons. The van der Waals surface area contributed by atoms with Crippen LogP contribution in [0, 0.1) is 0 Å². The number of piperazine rings is 1. The molecular formula is C15H24BrN3O. The molecule has 0 spiro atoms. The van der Waals surface area contributed by atoms with E-state index in [1.54, 1.807) is 6.07 Å². The van der Waals surface area contributed by atoms with Gasteiger partial charge in [0.25, 0.3) is 0 Å². The Morgan fingerprint density at radius 2 is 2.20 bits per heavy atom. The highest BCUT2D eigenvalue weighted by Crippen LogP contribution is 2.30. The van der Waals surface area contributed by atoms with Crippen molar-refractivity contribution in [2.75, 3.05) is 32.7 Å². The van der Waals surface area contributed by atoms with E-state index in [-0.39, 0.29) is 11.8 Å². The largest absolute Gasteiger partial charge is 0.507 e. The molecule has 1 aliphatic rings. The van der Waals surface area contributed by atoms with Crippen molar-refractivity contribution in [1.29, 1.82) is 0 Å². The highest BCUT2D eigenvalue weighted by molar-refractivity contribution is 9.10. The first kappa shape index (κ1) is 15.8. The summed E-state index contributed by atoms with van der Waals surface area (Å²) in [5.74, 6) is 0.272. The van der Waals surface area contributed by atoms with Gasteiger partial charge < -0.3 is 15.7 Å². The van der Waals surface area contributed by atoms with E-state index < -0.39 is 0 Å². The summed E-state index contributed by atoms with van der Waals surface area (Å²) in [7, 11) is 0. The Balaban J connectivity index is 2.17. The summed E-state index contributed by atoms with van der Waals surface area (Å²) in [6.07, 6.45) is 0. The second-order valence-corrected chi connectivity index (χ2v) is 6.30. The summed E-state index contributed by atoms with van der Waals surface area (Å²) in [6.45, 7) is 9.39. The number of hydrogen-bond acceptors (Lipinski definition) is 4. The second-order valence-electron chi connectivity index (χ2n) is 5.44. The normalized spacial score (nSPS) is 22.9. The molecule has 1 heterocycles. The summed E-state index contributed by atoms with van der Waals surface area (Å²) >= 11 is 3.39. The summed E-state index contributed by atoms with van der Waals surface area (Å²) in [4.78, 5) is 4.95. The number of rotatable bonds is 4. The van der Waals surface area contributed by atoms with Gasteiger partial charge in [0, 0.05) is 38.3 Å². The van der Waals surface area contributed by atoms with E-state index in [0.717, 1.165) is 36.2 Å². The molecule has 0 bridgehead atoms. The van der Waals surface area contributed by atoms with Gasteiger partial charge in [-0.1, -0.05) is 13.0 Å². The van der Waals surface area contributed by atoms with Crippen LogP contribution in [-0.2, 0) is 0 Å². The average Bonchev–Trinajstić information content (AvgIpc) is 2.45. The molecule has 20 heavy (non-hydrogen) atoms. The van der Waals surface area contributed by atoms with Crippen molar-refractivity contribution in [2.45, 2.75) is 25.9 Å². The number of benzene rings is 1. The summed E-state index contributed by atoms with van der Waals surface area (Å²) in [5, 5.41) is 9.63. The molecule has 3 N–H and O–H groups in total. The van der Waals surface area contributed by atoms with Crippen molar-refractivity contribution >= 4 is 15.9 Å². The first-order valence-corrected chi connectivity index (χ1v) is 8.02. The first-order chi connectivity index (χ1) is 9.56. The number of nitrogens with zero attached hydrogens (tertiary/aromatic N) is 2. The van der Waals surface area contributed by atoms with E-state index >= 15 is 0 Å².